The summed E-state index contributed by atoms with van der Waals surface area (Å²) in [5, 5.41) is 14.1. The first-order valence-electron chi connectivity index (χ1n) is 2.38. The molecule has 0 rings (SSSR count). The molecule has 1 N–H and O–H groups in total. The standard InChI is InChI=1S/C4H8N4O2.U/c1-5-4(7(2)3)6-8(9)10;/h1-2H2,3H3,(H,5,6);/q-2;+2. The third kappa shape index (κ3) is 6.13. The van der Waals surface area contributed by atoms with Gasteiger partial charge in [0.05, 0.1) is 5.10 Å². The summed E-state index contributed by atoms with van der Waals surface area (Å²) in [6.07, 6.45) is 0. The van der Waals surface area contributed by atoms with Crippen LogP contribution in [-0.4, -0.2) is 22.9 Å². The Balaban J connectivity index is 0. The van der Waals surface area contributed by atoms with Gasteiger partial charge in [0.15, 0.2) is 5.03 Å². The SMILES string of the molecule is [CH2-]N/C(=N/[N+](=O)[O-])N([CH2-])C.[U+2]. The van der Waals surface area contributed by atoms with Crippen LogP contribution in [-0.2, 0) is 0 Å². The van der Waals surface area contributed by atoms with E-state index < -0.39 is 5.03 Å². The number of guanidine groups is 1. The second-order valence-electron chi connectivity index (χ2n) is 1.54. The van der Waals surface area contributed by atoms with E-state index in [0.717, 1.165) is 0 Å². The number of rotatable bonds is 1. The number of hydrazone groups is 1. The molecule has 6 nitrogen and oxygen atoms in total. The molecule has 0 aromatic heterocycles. The monoisotopic (exact) mass is 382 g/mol. The minimum absolute atomic E-state index is 0. The minimum Gasteiger partial charge on any atom is -0.505 e. The fourth-order valence-corrected chi connectivity index (χ4v) is 0.324. The normalized spacial score (nSPS) is 9.91. The van der Waals surface area contributed by atoms with Gasteiger partial charge in [-0.3, -0.25) is 14.1 Å². The molecule has 0 aliphatic carbocycles. The molecule has 0 radical (unpaired) electrons. The Kier molecular flexibility index (Phi) is 7.79. The van der Waals surface area contributed by atoms with Crippen molar-refractivity contribution in [2.24, 2.45) is 5.10 Å². The minimum atomic E-state index is -0.824. The van der Waals surface area contributed by atoms with Crippen LogP contribution in [0.2, 0.25) is 0 Å². The molecule has 0 fully saturated rings. The Bertz CT molecular complexity index is 158. The molecule has 11 heavy (non-hydrogen) atoms. The number of nitrogens with one attached hydrogen (secondary N) is 1. The Labute approximate surface area is 88.5 Å². The maximum atomic E-state index is 9.77. The number of hydrogen-bond acceptors (Lipinski definition) is 2. The van der Waals surface area contributed by atoms with Gasteiger partial charge in [-0.15, -0.1) is 0 Å². The Hall–Kier alpha value is -0.278. The van der Waals surface area contributed by atoms with Crippen molar-refractivity contribution >= 4 is 5.96 Å². The predicted molar refractivity (Wildman–Crippen MR) is 36.0 cm³/mol. The van der Waals surface area contributed by atoms with Crippen LogP contribution in [0.25, 0.3) is 0 Å². The molecule has 0 aromatic rings. The van der Waals surface area contributed by atoms with Gasteiger partial charge in [0.25, 0.3) is 0 Å². The zero-order valence-electron chi connectivity index (χ0n) is 6.07. The summed E-state index contributed by atoms with van der Waals surface area (Å²) in [7, 11) is 8.07. The first-order valence-corrected chi connectivity index (χ1v) is 2.38. The summed E-state index contributed by atoms with van der Waals surface area (Å²) in [4.78, 5) is 11.0. The second kappa shape index (κ2) is 6.43. The van der Waals surface area contributed by atoms with Gasteiger partial charge in [-0.2, -0.15) is 0 Å². The molecule has 0 saturated heterocycles. The van der Waals surface area contributed by atoms with Crippen LogP contribution >= 0.6 is 0 Å². The van der Waals surface area contributed by atoms with Crippen LogP contribution in [0.1, 0.15) is 0 Å². The molecular weight excluding hydrogens is 374 g/mol. The summed E-state index contributed by atoms with van der Waals surface area (Å²) in [6.45, 7) is 0. The molecule has 0 heterocycles. The Morgan fingerprint density at radius 2 is 2.27 bits per heavy atom. The second-order valence-corrected chi connectivity index (χ2v) is 1.54. The van der Waals surface area contributed by atoms with Crippen LogP contribution in [0.5, 0.6) is 0 Å². The Morgan fingerprint density at radius 1 is 1.82 bits per heavy atom. The van der Waals surface area contributed by atoms with Crippen molar-refractivity contribution in [3.05, 3.63) is 24.2 Å². The van der Waals surface area contributed by atoms with E-state index in [9.17, 15) is 10.1 Å². The molecule has 0 amide bonds. The average Bonchev–Trinajstić information content (AvgIpc) is 1.81. The van der Waals surface area contributed by atoms with Gasteiger partial charge in [0, 0.05) is 0 Å². The molecule has 0 spiro atoms. The zero-order chi connectivity index (χ0) is 8.15. The third-order valence-electron chi connectivity index (χ3n) is 0.696. The van der Waals surface area contributed by atoms with Crippen molar-refractivity contribution in [3.8, 4) is 0 Å². The number of nitrogens with zero attached hydrogens (tertiary/aromatic N) is 3. The van der Waals surface area contributed by atoms with E-state index in [2.05, 4.69) is 24.5 Å². The first-order chi connectivity index (χ1) is 4.57. The molecule has 0 aliphatic heterocycles. The summed E-state index contributed by atoms with van der Waals surface area (Å²) in [5.74, 6) is 0.00463. The van der Waals surface area contributed by atoms with Crippen molar-refractivity contribution in [2.75, 3.05) is 7.05 Å². The first kappa shape index (κ1) is 13.3. The van der Waals surface area contributed by atoms with Crippen LogP contribution in [0.3, 0.4) is 0 Å². The fraction of sp³-hybridized carbons (Fsp3) is 0.250. The molecule has 0 unspecified atom stereocenters. The van der Waals surface area contributed by atoms with E-state index >= 15 is 0 Å². The fourth-order valence-electron chi connectivity index (χ4n) is 0.324. The van der Waals surface area contributed by atoms with E-state index in [0.29, 0.717) is 0 Å². The van der Waals surface area contributed by atoms with Gasteiger partial charge < -0.3 is 10.2 Å². The van der Waals surface area contributed by atoms with Gasteiger partial charge >= 0.3 is 31.1 Å². The van der Waals surface area contributed by atoms with E-state index in [1.807, 2.05) is 0 Å². The molecule has 0 aliphatic rings. The third-order valence-corrected chi connectivity index (χ3v) is 0.696. The van der Waals surface area contributed by atoms with Crippen molar-refractivity contribution in [2.45, 2.75) is 0 Å². The molecule has 0 aromatic carbocycles. The quantitative estimate of drug-likeness (QED) is 0.221. The molecule has 0 atom stereocenters. The Morgan fingerprint density at radius 3 is 2.36 bits per heavy atom. The van der Waals surface area contributed by atoms with E-state index in [1.54, 1.807) is 0 Å². The molecule has 7 heteroatoms. The van der Waals surface area contributed by atoms with Crippen molar-refractivity contribution in [3.63, 3.8) is 0 Å². The van der Waals surface area contributed by atoms with Gasteiger partial charge in [0.1, 0.15) is 0 Å². The maximum Gasteiger partial charge on any atom is 2.00 e. The van der Waals surface area contributed by atoms with Crippen molar-refractivity contribution < 1.29 is 36.1 Å². The van der Waals surface area contributed by atoms with Gasteiger partial charge in [-0.25, -0.2) is 10.1 Å². The summed E-state index contributed by atoms with van der Waals surface area (Å²) >= 11 is 0. The van der Waals surface area contributed by atoms with Crippen molar-refractivity contribution in [1.29, 1.82) is 0 Å². The molecule has 0 bridgehead atoms. The summed E-state index contributed by atoms with van der Waals surface area (Å²) < 4.78 is 0. The van der Waals surface area contributed by atoms with Crippen LogP contribution in [0.15, 0.2) is 5.10 Å². The molecular formula is C4H8N4O2U. The van der Waals surface area contributed by atoms with Crippen LogP contribution in [0.4, 0.5) is 0 Å². The van der Waals surface area contributed by atoms with Crippen molar-refractivity contribution in [1.82, 2.24) is 10.2 Å². The van der Waals surface area contributed by atoms with Gasteiger partial charge in [-0.05, 0) is 7.05 Å². The number of hydrogen-bond donors (Lipinski definition) is 1. The maximum absolute atomic E-state index is 9.77. The van der Waals surface area contributed by atoms with Crippen LogP contribution in [0, 0.1) is 55.3 Å². The van der Waals surface area contributed by atoms with E-state index in [1.165, 1.54) is 11.9 Å². The van der Waals surface area contributed by atoms with Gasteiger partial charge in [-0.1, -0.05) is 0 Å². The average molecular weight is 382 g/mol. The topological polar surface area (TPSA) is 70.8 Å². The van der Waals surface area contributed by atoms with Gasteiger partial charge in [0.2, 0.25) is 5.96 Å². The molecule has 60 valence electrons. The largest absolute Gasteiger partial charge is 2.00 e. The van der Waals surface area contributed by atoms with E-state index in [-0.39, 0.29) is 37.1 Å². The zero-order valence-corrected chi connectivity index (χ0v) is 10.2. The summed E-state index contributed by atoms with van der Waals surface area (Å²) in [6, 6.07) is 0. The number of nitro groups is 1. The predicted octanol–water partition coefficient (Wildman–Crippen LogP) is -0.361. The molecule has 0 saturated carbocycles. The smallest absolute Gasteiger partial charge is 0.505 e. The van der Waals surface area contributed by atoms with Crippen LogP contribution < -0.4 is 5.32 Å². The summed E-state index contributed by atoms with van der Waals surface area (Å²) in [5.41, 5.74) is 0. The van der Waals surface area contributed by atoms with E-state index in [4.69, 9.17) is 0 Å².